The molecule has 2 aliphatic rings. The fourth-order valence-electron chi connectivity index (χ4n) is 5.56. The molecular weight excluding hydrogens is 561 g/mol. The fraction of sp³-hybridized carbons (Fsp3) is 0.643. The van der Waals surface area contributed by atoms with E-state index in [1.807, 2.05) is 18.2 Å². The van der Waals surface area contributed by atoms with Gasteiger partial charge in [-0.25, -0.2) is 8.42 Å². The molecule has 2 fully saturated rings. The number of carbonyl (C=O) groups excluding carboxylic acids is 1. The van der Waals surface area contributed by atoms with Crippen LogP contribution in [0.2, 0.25) is 10.0 Å². The van der Waals surface area contributed by atoms with Gasteiger partial charge in [0.05, 0.1) is 22.8 Å². The Hall–Kier alpha value is -1.65. The van der Waals surface area contributed by atoms with Crippen LogP contribution < -0.4 is 4.72 Å². The van der Waals surface area contributed by atoms with Crippen LogP contribution in [-0.2, 0) is 27.0 Å². The summed E-state index contributed by atoms with van der Waals surface area (Å²) in [4.78, 5) is 14.5. The molecule has 8 nitrogen and oxygen atoms in total. The maximum Gasteiger partial charge on any atom is 0.236 e. The van der Waals surface area contributed by atoms with E-state index in [-0.39, 0.29) is 17.9 Å². The summed E-state index contributed by atoms with van der Waals surface area (Å²) in [7, 11) is -0.726. The predicted octanol–water partition coefficient (Wildman–Crippen LogP) is 6.12. The summed E-state index contributed by atoms with van der Waals surface area (Å²) in [6.45, 7) is 3.45. The third-order valence-corrected chi connectivity index (χ3v) is 9.10. The van der Waals surface area contributed by atoms with Gasteiger partial charge in [0.2, 0.25) is 16.8 Å². The van der Waals surface area contributed by atoms with Crippen LogP contribution in [0.25, 0.3) is 11.3 Å². The lowest BCUT2D eigenvalue weighted by molar-refractivity contribution is -0.123. The van der Waals surface area contributed by atoms with Crippen LogP contribution in [0.1, 0.15) is 88.4 Å². The highest BCUT2D eigenvalue weighted by molar-refractivity contribution is 7.71. The lowest BCUT2D eigenvalue weighted by Gasteiger charge is -2.32. The van der Waals surface area contributed by atoms with Crippen molar-refractivity contribution < 1.29 is 22.5 Å². The van der Waals surface area contributed by atoms with Gasteiger partial charge in [-0.15, -0.1) is 0 Å². The Morgan fingerprint density at radius 3 is 2.41 bits per heavy atom. The summed E-state index contributed by atoms with van der Waals surface area (Å²) >= 11 is 13.0. The Labute approximate surface area is 242 Å². The van der Waals surface area contributed by atoms with Crippen molar-refractivity contribution in [3.8, 4) is 11.3 Å². The van der Waals surface area contributed by atoms with Gasteiger partial charge in [0.1, 0.15) is 11.5 Å². The Morgan fingerprint density at radius 2 is 1.82 bits per heavy atom. The Morgan fingerprint density at radius 1 is 1.15 bits per heavy atom. The Kier molecular flexibility index (Phi) is 11.1. The average molecular weight is 601 g/mol. The van der Waals surface area contributed by atoms with E-state index in [9.17, 15) is 13.2 Å². The number of halogens is 2. The van der Waals surface area contributed by atoms with Crippen molar-refractivity contribution in [1.29, 1.82) is 0 Å². The van der Waals surface area contributed by atoms with Gasteiger partial charge in [-0.3, -0.25) is 9.52 Å². The van der Waals surface area contributed by atoms with Gasteiger partial charge in [-0.05, 0) is 70.5 Å². The van der Waals surface area contributed by atoms with E-state index in [1.165, 1.54) is 0 Å². The van der Waals surface area contributed by atoms with E-state index >= 15 is 0 Å². The van der Waals surface area contributed by atoms with Crippen molar-refractivity contribution in [1.82, 2.24) is 14.8 Å². The second kappa shape index (κ2) is 14.3. The van der Waals surface area contributed by atoms with Crippen molar-refractivity contribution in [2.24, 2.45) is 5.92 Å². The zero-order valence-corrected chi connectivity index (χ0v) is 25.1. The smallest absolute Gasteiger partial charge is 0.236 e. The number of thiol groups is 1. The zero-order valence-electron chi connectivity index (χ0n) is 22.7. The minimum Gasteiger partial charge on any atom is -0.373 e. The van der Waals surface area contributed by atoms with Crippen LogP contribution in [0.4, 0.5) is 0 Å². The topological polar surface area (TPSA) is 102 Å². The third-order valence-electron chi connectivity index (χ3n) is 8.06. The quantitative estimate of drug-likeness (QED) is 0.283. The van der Waals surface area contributed by atoms with Gasteiger partial charge in [-0.1, -0.05) is 54.2 Å². The first-order chi connectivity index (χ1) is 18.8. The van der Waals surface area contributed by atoms with E-state index in [0.29, 0.717) is 39.9 Å². The second-order valence-electron chi connectivity index (χ2n) is 10.8. The molecule has 0 spiro atoms. The minimum atomic E-state index is -2.89. The molecule has 1 aromatic heterocycles. The zero-order chi connectivity index (χ0) is 27.9. The molecule has 216 valence electrons. The number of hydrogen-bond acceptors (Lipinski definition) is 7. The first kappa shape index (κ1) is 30.3. The van der Waals surface area contributed by atoms with E-state index in [4.69, 9.17) is 32.5 Å². The molecule has 4 rings (SSSR count). The minimum absolute atomic E-state index is 0.0830. The number of benzene rings is 1. The van der Waals surface area contributed by atoms with Crippen molar-refractivity contribution in [3.05, 3.63) is 39.6 Å². The molecule has 1 unspecified atom stereocenters. The third kappa shape index (κ3) is 8.19. The summed E-state index contributed by atoms with van der Waals surface area (Å²) in [6.07, 6.45) is 9.29. The first-order valence-corrected chi connectivity index (χ1v) is 15.9. The molecule has 0 saturated heterocycles. The lowest BCUT2D eigenvalue weighted by atomic mass is 9.88. The van der Waals surface area contributed by atoms with Crippen molar-refractivity contribution in [2.45, 2.75) is 95.8 Å². The van der Waals surface area contributed by atoms with Crippen molar-refractivity contribution in [3.63, 3.8) is 0 Å². The van der Waals surface area contributed by atoms with Crippen molar-refractivity contribution in [2.75, 3.05) is 13.6 Å². The second-order valence-corrected chi connectivity index (χ2v) is 12.4. The first-order valence-electron chi connectivity index (χ1n) is 14.0. The Balaban J connectivity index is 1.32. The number of nitrogens with zero attached hydrogens (tertiary/aromatic N) is 2. The summed E-state index contributed by atoms with van der Waals surface area (Å²) in [5, 5.41) is 5.45. The number of amides is 1. The standard InChI is InChI=1S/C28H39Cl2N3O5S/c1-3-21(15-16-33(2)20-9-4-7-19(8-5-10-20)28(34)32-39(35)36)37-17-22-26(31-38-27(22)18-13-14-18)25-23(29)11-6-12-24(25)30/h6,11-12,18-21,39H,3-5,7-10,13-17H2,1-2H3,(H,32,34,35,36). The molecule has 39 heavy (non-hydrogen) atoms. The molecule has 0 radical (unpaired) electrons. The number of hydrogen-bond donors (Lipinski definition) is 2. The van der Waals surface area contributed by atoms with E-state index < -0.39 is 10.9 Å². The number of ether oxygens (including phenoxy) is 1. The van der Waals surface area contributed by atoms with Gasteiger partial charge in [0.15, 0.2) is 0 Å². The van der Waals surface area contributed by atoms with Crippen LogP contribution in [0, 0.1) is 5.92 Å². The normalized spacial score (nSPS) is 21.1. The number of rotatable bonds is 12. The molecule has 2 aliphatic carbocycles. The van der Waals surface area contributed by atoms with E-state index in [1.54, 1.807) is 0 Å². The SMILES string of the molecule is CCC(CCN(C)C1CCCC(C(=O)N[SH](=O)=O)CCC1)OCc1c(-c2c(Cl)cccc2Cl)noc1C1CC1. The van der Waals surface area contributed by atoms with Gasteiger partial charge in [0.25, 0.3) is 0 Å². The Bertz CT molecular complexity index is 1160. The monoisotopic (exact) mass is 599 g/mol. The van der Waals surface area contributed by atoms with Crippen LogP contribution >= 0.6 is 23.2 Å². The van der Waals surface area contributed by atoms with E-state index in [0.717, 1.165) is 82.1 Å². The molecule has 1 amide bonds. The summed E-state index contributed by atoms with van der Waals surface area (Å²) in [5.41, 5.74) is 2.30. The predicted molar refractivity (Wildman–Crippen MR) is 153 cm³/mol. The largest absolute Gasteiger partial charge is 0.373 e. The van der Waals surface area contributed by atoms with Crippen LogP contribution in [0.3, 0.4) is 0 Å². The molecule has 1 N–H and O–H groups in total. The summed E-state index contributed by atoms with van der Waals surface area (Å²) < 4.78 is 36.0. The van der Waals surface area contributed by atoms with Gasteiger partial charge in [0, 0.05) is 35.5 Å². The van der Waals surface area contributed by atoms with Gasteiger partial charge in [-0.2, -0.15) is 0 Å². The maximum atomic E-state index is 12.1. The highest BCUT2D eigenvalue weighted by Crippen LogP contribution is 2.46. The fourth-order valence-corrected chi connectivity index (χ4v) is 6.50. The van der Waals surface area contributed by atoms with Crippen LogP contribution in [0.5, 0.6) is 0 Å². The molecular formula is C28H39Cl2N3O5S. The highest BCUT2D eigenvalue weighted by atomic mass is 35.5. The molecule has 1 aromatic carbocycles. The molecule has 11 heteroatoms. The molecule has 0 bridgehead atoms. The summed E-state index contributed by atoms with van der Waals surface area (Å²) in [5.74, 6) is 0.686. The lowest BCUT2D eigenvalue weighted by Crippen LogP contribution is -2.36. The average Bonchev–Trinajstić information content (AvgIpc) is 3.64. The number of carbonyl (C=O) groups is 1. The van der Waals surface area contributed by atoms with Crippen LogP contribution in [-0.4, -0.2) is 50.1 Å². The molecule has 2 aromatic rings. The highest BCUT2D eigenvalue weighted by Gasteiger charge is 2.34. The molecule has 0 aliphatic heterocycles. The van der Waals surface area contributed by atoms with Gasteiger partial charge >= 0.3 is 0 Å². The molecule has 1 atom stereocenters. The van der Waals surface area contributed by atoms with Crippen molar-refractivity contribution >= 4 is 40.0 Å². The number of aromatic nitrogens is 1. The van der Waals surface area contributed by atoms with Crippen LogP contribution in [0.15, 0.2) is 22.7 Å². The molecule has 2 saturated carbocycles. The maximum absolute atomic E-state index is 12.1. The van der Waals surface area contributed by atoms with Gasteiger partial charge < -0.3 is 14.2 Å². The number of nitrogens with one attached hydrogen (secondary N) is 1. The molecule has 1 heterocycles. The summed E-state index contributed by atoms with van der Waals surface area (Å²) in [6, 6.07) is 5.88. The van der Waals surface area contributed by atoms with E-state index in [2.05, 4.69) is 28.8 Å².